The lowest BCUT2D eigenvalue weighted by Crippen LogP contribution is -2.12. The van der Waals surface area contributed by atoms with Crippen LogP contribution in [0.15, 0.2) is 23.7 Å². The van der Waals surface area contributed by atoms with Crippen molar-refractivity contribution in [2.24, 2.45) is 5.92 Å². The average molecular weight is 250 g/mol. The zero-order chi connectivity index (χ0) is 12.1. The molecule has 0 atom stereocenters. The van der Waals surface area contributed by atoms with Crippen molar-refractivity contribution in [1.29, 1.82) is 0 Å². The summed E-state index contributed by atoms with van der Waals surface area (Å²) in [6.07, 6.45) is 1.84. The van der Waals surface area contributed by atoms with Crippen LogP contribution >= 0.6 is 11.3 Å². The molecule has 0 bridgehead atoms. The Bertz CT molecular complexity index is 467. The van der Waals surface area contributed by atoms with Crippen LogP contribution in [0.3, 0.4) is 0 Å². The van der Waals surface area contributed by atoms with E-state index in [4.69, 9.17) is 4.74 Å². The van der Waals surface area contributed by atoms with Gasteiger partial charge >= 0.3 is 0 Å². The van der Waals surface area contributed by atoms with E-state index in [1.54, 1.807) is 11.3 Å². The SMILES string of the molecule is CC(C)COCCNc1ccnc2ccsc12. The second-order valence-corrected chi connectivity index (χ2v) is 5.31. The Morgan fingerprint density at radius 3 is 3.12 bits per heavy atom. The molecule has 0 aliphatic heterocycles. The molecule has 0 amide bonds. The smallest absolute Gasteiger partial charge is 0.0830 e. The molecule has 4 heteroatoms. The number of hydrogen-bond acceptors (Lipinski definition) is 4. The number of thiophene rings is 1. The molecule has 92 valence electrons. The minimum atomic E-state index is 0.597. The van der Waals surface area contributed by atoms with Crippen LogP contribution in [0.5, 0.6) is 0 Å². The summed E-state index contributed by atoms with van der Waals surface area (Å²) >= 11 is 1.72. The van der Waals surface area contributed by atoms with Crippen molar-refractivity contribution >= 4 is 27.2 Å². The quantitative estimate of drug-likeness (QED) is 0.798. The van der Waals surface area contributed by atoms with Gasteiger partial charge in [0.2, 0.25) is 0 Å². The second kappa shape index (κ2) is 5.98. The van der Waals surface area contributed by atoms with Crippen molar-refractivity contribution in [3.8, 4) is 0 Å². The summed E-state index contributed by atoms with van der Waals surface area (Å²) in [4.78, 5) is 4.31. The highest BCUT2D eigenvalue weighted by Crippen LogP contribution is 2.26. The lowest BCUT2D eigenvalue weighted by molar-refractivity contribution is 0.118. The van der Waals surface area contributed by atoms with E-state index >= 15 is 0 Å². The number of nitrogens with one attached hydrogen (secondary N) is 1. The standard InChI is InChI=1S/C13H18N2OS/c1-10(2)9-16-7-6-15-11-3-5-14-12-4-8-17-13(11)12/h3-5,8,10H,6-7,9H2,1-2H3,(H,14,15). The fraction of sp³-hybridized carbons (Fsp3) is 0.462. The number of aromatic nitrogens is 1. The highest BCUT2D eigenvalue weighted by atomic mass is 32.1. The number of fused-ring (bicyclic) bond motifs is 1. The first-order valence-corrected chi connectivity index (χ1v) is 6.79. The van der Waals surface area contributed by atoms with Crippen molar-refractivity contribution < 1.29 is 4.74 Å². The highest BCUT2D eigenvalue weighted by Gasteiger charge is 2.02. The van der Waals surface area contributed by atoms with Crippen LogP contribution in [0.25, 0.3) is 10.2 Å². The number of hydrogen-bond donors (Lipinski definition) is 1. The molecule has 0 saturated heterocycles. The number of rotatable bonds is 6. The molecule has 0 unspecified atom stereocenters. The van der Waals surface area contributed by atoms with Gasteiger partial charge in [0.25, 0.3) is 0 Å². The summed E-state index contributed by atoms with van der Waals surface area (Å²) in [6, 6.07) is 4.06. The van der Waals surface area contributed by atoms with E-state index in [0.29, 0.717) is 5.92 Å². The Labute approximate surface area is 106 Å². The van der Waals surface area contributed by atoms with Gasteiger partial charge < -0.3 is 10.1 Å². The van der Waals surface area contributed by atoms with Crippen molar-refractivity contribution in [2.45, 2.75) is 13.8 Å². The summed E-state index contributed by atoms with van der Waals surface area (Å²) < 4.78 is 6.75. The Kier molecular flexibility index (Phi) is 4.34. The monoisotopic (exact) mass is 250 g/mol. The zero-order valence-electron chi connectivity index (χ0n) is 10.3. The molecular weight excluding hydrogens is 232 g/mol. The van der Waals surface area contributed by atoms with E-state index in [0.717, 1.165) is 31.0 Å². The van der Waals surface area contributed by atoms with Crippen molar-refractivity contribution in [3.05, 3.63) is 23.7 Å². The molecule has 0 aromatic carbocycles. The number of ether oxygens (including phenoxy) is 1. The molecule has 0 aliphatic rings. The van der Waals surface area contributed by atoms with Crippen LogP contribution in [-0.2, 0) is 4.74 Å². The molecule has 2 heterocycles. The Balaban J connectivity index is 1.84. The lowest BCUT2D eigenvalue weighted by Gasteiger charge is -2.09. The number of nitrogens with zero attached hydrogens (tertiary/aromatic N) is 1. The first kappa shape index (κ1) is 12.3. The van der Waals surface area contributed by atoms with Crippen LogP contribution in [0.2, 0.25) is 0 Å². The van der Waals surface area contributed by atoms with E-state index in [1.807, 2.05) is 18.3 Å². The Morgan fingerprint density at radius 1 is 1.41 bits per heavy atom. The molecule has 3 nitrogen and oxygen atoms in total. The van der Waals surface area contributed by atoms with E-state index in [2.05, 4.69) is 29.5 Å². The molecule has 2 aromatic heterocycles. The molecule has 0 saturated carbocycles. The van der Waals surface area contributed by atoms with Crippen molar-refractivity contribution in [3.63, 3.8) is 0 Å². The number of pyridine rings is 1. The molecule has 0 spiro atoms. The predicted molar refractivity (Wildman–Crippen MR) is 73.8 cm³/mol. The zero-order valence-corrected chi connectivity index (χ0v) is 11.1. The minimum absolute atomic E-state index is 0.597. The topological polar surface area (TPSA) is 34.1 Å². The first-order valence-electron chi connectivity index (χ1n) is 5.91. The molecule has 17 heavy (non-hydrogen) atoms. The predicted octanol–water partition coefficient (Wildman–Crippen LogP) is 3.38. The minimum Gasteiger partial charge on any atom is -0.381 e. The van der Waals surface area contributed by atoms with E-state index in [1.165, 1.54) is 4.70 Å². The van der Waals surface area contributed by atoms with Gasteiger partial charge in [0.1, 0.15) is 0 Å². The maximum Gasteiger partial charge on any atom is 0.0830 e. The number of anilines is 1. The van der Waals surface area contributed by atoms with Crippen molar-refractivity contribution in [2.75, 3.05) is 25.1 Å². The van der Waals surface area contributed by atoms with Gasteiger partial charge in [-0.05, 0) is 23.4 Å². The van der Waals surface area contributed by atoms with Crippen LogP contribution in [0.1, 0.15) is 13.8 Å². The van der Waals surface area contributed by atoms with Gasteiger partial charge in [0.05, 0.1) is 22.5 Å². The van der Waals surface area contributed by atoms with Gasteiger partial charge in [0.15, 0.2) is 0 Å². The summed E-state index contributed by atoms with van der Waals surface area (Å²) in [5.41, 5.74) is 2.21. The molecule has 2 aromatic rings. The van der Waals surface area contributed by atoms with Crippen LogP contribution in [-0.4, -0.2) is 24.7 Å². The average Bonchev–Trinajstić information content (AvgIpc) is 2.77. The normalized spacial score (nSPS) is 11.2. The van der Waals surface area contributed by atoms with Gasteiger partial charge in [-0.3, -0.25) is 4.98 Å². The summed E-state index contributed by atoms with van der Waals surface area (Å²) in [5, 5.41) is 5.46. The summed E-state index contributed by atoms with van der Waals surface area (Å²) in [7, 11) is 0. The van der Waals surface area contributed by atoms with Gasteiger partial charge in [-0.15, -0.1) is 11.3 Å². The maximum absolute atomic E-state index is 5.54. The second-order valence-electron chi connectivity index (χ2n) is 4.39. The third-order valence-corrected chi connectivity index (χ3v) is 3.29. The molecular formula is C13H18N2OS. The van der Waals surface area contributed by atoms with Gasteiger partial charge in [-0.2, -0.15) is 0 Å². The summed E-state index contributed by atoms with van der Waals surface area (Å²) in [5.74, 6) is 0.597. The fourth-order valence-corrected chi connectivity index (χ4v) is 2.43. The third-order valence-electron chi connectivity index (χ3n) is 2.36. The molecule has 0 aliphatic carbocycles. The Morgan fingerprint density at radius 2 is 2.29 bits per heavy atom. The fourth-order valence-electron chi connectivity index (χ4n) is 1.59. The largest absolute Gasteiger partial charge is 0.381 e. The van der Waals surface area contributed by atoms with E-state index in [9.17, 15) is 0 Å². The van der Waals surface area contributed by atoms with E-state index in [-0.39, 0.29) is 0 Å². The van der Waals surface area contributed by atoms with Gasteiger partial charge in [-0.1, -0.05) is 13.8 Å². The third kappa shape index (κ3) is 3.41. The van der Waals surface area contributed by atoms with Crippen LogP contribution in [0.4, 0.5) is 5.69 Å². The molecule has 0 fully saturated rings. The Hall–Kier alpha value is -1.13. The van der Waals surface area contributed by atoms with Gasteiger partial charge in [-0.25, -0.2) is 0 Å². The van der Waals surface area contributed by atoms with Crippen molar-refractivity contribution in [1.82, 2.24) is 4.98 Å². The van der Waals surface area contributed by atoms with Crippen LogP contribution in [0, 0.1) is 5.92 Å². The first-order chi connectivity index (χ1) is 8.27. The molecule has 1 N–H and O–H groups in total. The molecule has 2 rings (SSSR count). The summed E-state index contributed by atoms with van der Waals surface area (Å²) in [6.45, 7) is 6.72. The van der Waals surface area contributed by atoms with Gasteiger partial charge in [0, 0.05) is 19.3 Å². The van der Waals surface area contributed by atoms with E-state index < -0.39 is 0 Å². The lowest BCUT2D eigenvalue weighted by atomic mass is 10.2. The molecule has 0 radical (unpaired) electrons. The highest BCUT2D eigenvalue weighted by molar-refractivity contribution is 7.17. The maximum atomic E-state index is 5.54. The van der Waals surface area contributed by atoms with Crippen LogP contribution < -0.4 is 5.32 Å².